The zero-order chi connectivity index (χ0) is 19.6. The van der Waals surface area contributed by atoms with E-state index in [1.807, 2.05) is 0 Å². The van der Waals surface area contributed by atoms with Crippen LogP contribution in [0.5, 0.6) is 0 Å². The summed E-state index contributed by atoms with van der Waals surface area (Å²) < 4.78 is 38.0. The second kappa shape index (κ2) is 7.54. The summed E-state index contributed by atoms with van der Waals surface area (Å²) >= 11 is 0. The van der Waals surface area contributed by atoms with E-state index < -0.39 is 11.7 Å². The molecule has 1 aromatic carbocycles. The van der Waals surface area contributed by atoms with Gasteiger partial charge in [0.15, 0.2) is 0 Å². The Kier molecular flexibility index (Phi) is 5.34. The molecule has 1 aliphatic rings. The lowest BCUT2D eigenvalue weighted by Gasteiger charge is -2.30. The molecule has 0 aliphatic carbocycles. The van der Waals surface area contributed by atoms with E-state index in [0.717, 1.165) is 25.0 Å². The van der Waals surface area contributed by atoms with E-state index in [0.29, 0.717) is 30.4 Å². The molecule has 0 saturated carbocycles. The first-order chi connectivity index (χ1) is 12.7. The van der Waals surface area contributed by atoms with Gasteiger partial charge in [-0.15, -0.1) is 0 Å². The first-order valence-corrected chi connectivity index (χ1v) is 8.81. The average Bonchev–Trinajstić information content (AvgIpc) is 2.60. The SMILES string of the molecule is Cc1cc(C(=O)N2CCCC(C)C2)nc(Nc2ccc(C(F)(F)F)cc2)n1. The summed E-state index contributed by atoms with van der Waals surface area (Å²) in [7, 11) is 0. The summed E-state index contributed by atoms with van der Waals surface area (Å²) in [5.41, 5.74) is 0.575. The molecule has 0 bridgehead atoms. The lowest BCUT2D eigenvalue weighted by Crippen LogP contribution is -2.39. The first kappa shape index (κ1) is 19.1. The Morgan fingerprint density at radius 3 is 2.56 bits per heavy atom. The average molecular weight is 378 g/mol. The van der Waals surface area contributed by atoms with Gasteiger partial charge in [0.05, 0.1) is 5.56 Å². The van der Waals surface area contributed by atoms with Crippen LogP contribution in [-0.4, -0.2) is 33.9 Å². The predicted octanol–water partition coefficient (Wildman–Crippen LogP) is 4.42. The fourth-order valence-electron chi connectivity index (χ4n) is 3.14. The molecule has 1 aliphatic heterocycles. The van der Waals surface area contributed by atoms with Crippen molar-refractivity contribution >= 4 is 17.5 Å². The molecule has 8 heteroatoms. The van der Waals surface area contributed by atoms with Crippen molar-refractivity contribution in [2.45, 2.75) is 32.9 Å². The quantitative estimate of drug-likeness (QED) is 0.859. The third kappa shape index (κ3) is 4.75. The minimum atomic E-state index is -4.39. The molecule has 1 saturated heterocycles. The number of benzene rings is 1. The number of aryl methyl sites for hydroxylation is 1. The monoisotopic (exact) mass is 378 g/mol. The maximum Gasteiger partial charge on any atom is 0.416 e. The highest BCUT2D eigenvalue weighted by Gasteiger charge is 2.30. The molecule has 144 valence electrons. The van der Waals surface area contributed by atoms with E-state index in [-0.39, 0.29) is 17.5 Å². The van der Waals surface area contributed by atoms with Crippen molar-refractivity contribution in [3.05, 3.63) is 47.3 Å². The van der Waals surface area contributed by atoms with Crippen LogP contribution in [0, 0.1) is 12.8 Å². The van der Waals surface area contributed by atoms with E-state index in [9.17, 15) is 18.0 Å². The number of anilines is 2. The van der Waals surface area contributed by atoms with Gasteiger partial charge in [-0.05, 0) is 56.0 Å². The molecule has 0 radical (unpaired) electrons. The van der Waals surface area contributed by atoms with E-state index in [4.69, 9.17) is 0 Å². The summed E-state index contributed by atoms with van der Waals surface area (Å²) in [6.07, 6.45) is -2.32. The van der Waals surface area contributed by atoms with Crippen LogP contribution in [0.2, 0.25) is 0 Å². The fraction of sp³-hybridized carbons (Fsp3) is 0.421. The highest BCUT2D eigenvalue weighted by Crippen LogP contribution is 2.30. The van der Waals surface area contributed by atoms with Crippen LogP contribution in [0.15, 0.2) is 30.3 Å². The van der Waals surface area contributed by atoms with Gasteiger partial charge in [-0.1, -0.05) is 6.92 Å². The standard InChI is InChI=1S/C19H21F3N4O/c1-12-4-3-9-26(11-12)17(27)16-10-13(2)23-18(25-16)24-15-7-5-14(6-8-15)19(20,21)22/h5-8,10,12H,3-4,9,11H2,1-2H3,(H,23,24,25). The molecular weight excluding hydrogens is 357 g/mol. The van der Waals surface area contributed by atoms with Gasteiger partial charge in [0.1, 0.15) is 5.69 Å². The summed E-state index contributed by atoms with van der Waals surface area (Å²) in [5, 5.41) is 2.87. The van der Waals surface area contributed by atoms with Crippen LogP contribution in [0.4, 0.5) is 24.8 Å². The lowest BCUT2D eigenvalue weighted by molar-refractivity contribution is -0.137. The van der Waals surface area contributed by atoms with Crippen LogP contribution < -0.4 is 5.32 Å². The molecule has 5 nitrogen and oxygen atoms in total. The zero-order valence-corrected chi connectivity index (χ0v) is 15.2. The van der Waals surface area contributed by atoms with Crippen molar-refractivity contribution in [1.82, 2.24) is 14.9 Å². The lowest BCUT2D eigenvalue weighted by atomic mass is 10.00. The Bertz CT molecular complexity index is 821. The predicted molar refractivity (Wildman–Crippen MR) is 95.8 cm³/mol. The van der Waals surface area contributed by atoms with Crippen LogP contribution in [0.3, 0.4) is 0 Å². The molecule has 1 amide bonds. The van der Waals surface area contributed by atoms with Crippen molar-refractivity contribution in [2.24, 2.45) is 5.92 Å². The van der Waals surface area contributed by atoms with Crippen LogP contribution in [-0.2, 0) is 6.18 Å². The van der Waals surface area contributed by atoms with Crippen LogP contribution in [0.25, 0.3) is 0 Å². The number of halogens is 3. The highest BCUT2D eigenvalue weighted by atomic mass is 19.4. The molecule has 1 N–H and O–H groups in total. The number of nitrogens with zero attached hydrogens (tertiary/aromatic N) is 3. The number of likely N-dealkylation sites (tertiary alicyclic amines) is 1. The number of hydrogen-bond acceptors (Lipinski definition) is 4. The van der Waals surface area contributed by atoms with E-state index >= 15 is 0 Å². The maximum atomic E-state index is 12.7. The Morgan fingerprint density at radius 1 is 1.22 bits per heavy atom. The number of carbonyl (C=O) groups is 1. The largest absolute Gasteiger partial charge is 0.416 e. The number of amides is 1. The number of alkyl halides is 3. The molecule has 1 unspecified atom stereocenters. The van der Waals surface area contributed by atoms with Gasteiger partial charge in [-0.2, -0.15) is 13.2 Å². The second-order valence-corrected chi connectivity index (χ2v) is 6.92. The molecule has 2 aromatic rings. The van der Waals surface area contributed by atoms with Crippen LogP contribution in [0.1, 0.15) is 41.5 Å². The minimum absolute atomic E-state index is 0.150. The van der Waals surface area contributed by atoms with Crippen LogP contribution >= 0.6 is 0 Å². The molecule has 3 rings (SSSR count). The van der Waals surface area contributed by atoms with Gasteiger partial charge in [-0.25, -0.2) is 9.97 Å². The molecule has 1 aromatic heterocycles. The molecule has 1 atom stereocenters. The van der Waals surface area contributed by atoms with E-state index in [1.54, 1.807) is 17.9 Å². The number of piperidine rings is 1. The van der Waals surface area contributed by atoms with Gasteiger partial charge >= 0.3 is 6.18 Å². The van der Waals surface area contributed by atoms with Crippen molar-refractivity contribution in [3.8, 4) is 0 Å². The van der Waals surface area contributed by atoms with Gasteiger partial charge < -0.3 is 10.2 Å². The third-order valence-electron chi connectivity index (χ3n) is 4.49. The van der Waals surface area contributed by atoms with Crippen molar-refractivity contribution in [2.75, 3.05) is 18.4 Å². The summed E-state index contributed by atoms with van der Waals surface area (Å²) in [6.45, 7) is 5.26. The zero-order valence-electron chi connectivity index (χ0n) is 15.2. The molecule has 1 fully saturated rings. The number of hydrogen-bond donors (Lipinski definition) is 1. The van der Waals surface area contributed by atoms with Crippen molar-refractivity contribution in [1.29, 1.82) is 0 Å². The molecule has 2 heterocycles. The number of aromatic nitrogens is 2. The number of rotatable bonds is 3. The normalized spacial score (nSPS) is 17.7. The fourth-order valence-corrected chi connectivity index (χ4v) is 3.14. The van der Waals surface area contributed by atoms with E-state index in [2.05, 4.69) is 22.2 Å². The second-order valence-electron chi connectivity index (χ2n) is 6.92. The first-order valence-electron chi connectivity index (χ1n) is 8.81. The topological polar surface area (TPSA) is 58.1 Å². The Hall–Kier alpha value is -2.64. The third-order valence-corrected chi connectivity index (χ3v) is 4.49. The molecular formula is C19H21F3N4O. The molecule has 27 heavy (non-hydrogen) atoms. The van der Waals surface area contributed by atoms with Gasteiger partial charge in [0, 0.05) is 24.5 Å². The minimum Gasteiger partial charge on any atom is -0.337 e. The van der Waals surface area contributed by atoms with Gasteiger partial charge in [0.25, 0.3) is 5.91 Å². The van der Waals surface area contributed by atoms with Crippen molar-refractivity contribution < 1.29 is 18.0 Å². The number of carbonyl (C=O) groups excluding carboxylic acids is 1. The van der Waals surface area contributed by atoms with Gasteiger partial charge in [-0.3, -0.25) is 4.79 Å². The summed E-state index contributed by atoms with van der Waals surface area (Å²) in [5.74, 6) is 0.487. The van der Waals surface area contributed by atoms with E-state index in [1.165, 1.54) is 12.1 Å². The van der Waals surface area contributed by atoms with Gasteiger partial charge in [0.2, 0.25) is 5.95 Å². The maximum absolute atomic E-state index is 12.7. The Morgan fingerprint density at radius 2 is 1.93 bits per heavy atom. The Balaban J connectivity index is 1.78. The highest BCUT2D eigenvalue weighted by molar-refractivity contribution is 5.92. The Labute approximate surface area is 155 Å². The smallest absolute Gasteiger partial charge is 0.337 e. The number of nitrogens with one attached hydrogen (secondary N) is 1. The summed E-state index contributed by atoms with van der Waals surface area (Å²) in [4.78, 5) is 23.0. The molecule has 0 spiro atoms. The summed E-state index contributed by atoms with van der Waals surface area (Å²) in [6, 6.07) is 6.21. The van der Waals surface area contributed by atoms with Crippen molar-refractivity contribution in [3.63, 3.8) is 0 Å².